The lowest BCUT2D eigenvalue weighted by molar-refractivity contribution is 0.337. The molecule has 1 aromatic heterocycles. The smallest absolute Gasteiger partial charge is 0.211 e. The van der Waals surface area contributed by atoms with Gasteiger partial charge in [0, 0.05) is 30.0 Å². The summed E-state index contributed by atoms with van der Waals surface area (Å²) >= 11 is 0. The SMILES string of the molecule is CCS(=O)(=O)NCC1CCC(Nc2cc(F)cc(-c3ccccn3)c2)CC1. The van der Waals surface area contributed by atoms with Crippen LogP contribution in [0.15, 0.2) is 42.6 Å². The number of aromatic nitrogens is 1. The van der Waals surface area contributed by atoms with Gasteiger partial charge in [-0.05, 0) is 68.9 Å². The Balaban J connectivity index is 1.57. The molecular weight excluding hydrogens is 365 g/mol. The molecule has 0 spiro atoms. The summed E-state index contributed by atoms with van der Waals surface area (Å²) in [7, 11) is -3.13. The Morgan fingerprint density at radius 3 is 2.59 bits per heavy atom. The fourth-order valence-corrected chi connectivity index (χ4v) is 4.14. The monoisotopic (exact) mass is 391 g/mol. The summed E-state index contributed by atoms with van der Waals surface area (Å²) in [5, 5.41) is 3.43. The van der Waals surface area contributed by atoms with Gasteiger partial charge in [0.05, 0.1) is 11.4 Å². The molecule has 27 heavy (non-hydrogen) atoms. The van der Waals surface area contributed by atoms with Crippen LogP contribution >= 0.6 is 0 Å². The first kappa shape index (κ1) is 19.8. The van der Waals surface area contributed by atoms with Gasteiger partial charge in [0.2, 0.25) is 10.0 Å². The van der Waals surface area contributed by atoms with E-state index in [1.54, 1.807) is 13.1 Å². The number of nitrogens with zero attached hydrogens (tertiary/aromatic N) is 1. The van der Waals surface area contributed by atoms with Crippen molar-refractivity contribution in [2.24, 2.45) is 5.92 Å². The minimum Gasteiger partial charge on any atom is -0.382 e. The molecule has 5 nitrogen and oxygen atoms in total. The molecule has 1 aromatic carbocycles. The molecule has 2 aromatic rings. The molecule has 7 heteroatoms. The van der Waals surface area contributed by atoms with Gasteiger partial charge in [0.25, 0.3) is 0 Å². The minimum absolute atomic E-state index is 0.113. The van der Waals surface area contributed by atoms with E-state index in [0.29, 0.717) is 12.5 Å². The molecule has 3 rings (SSSR count). The van der Waals surface area contributed by atoms with Gasteiger partial charge in [0.1, 0.15) is 5.82 Å². The van der Waals surface area contributed by atoms with Gasteiger partial charge < -0.3 is 5.32 Å². The average molecular weight is 392 g/mol. The highest BCUT2D eigenvalue weighted by atomic mass is 32.2. The van der Waals surface area contributed by atoms with Crippen molar-refractivity contribution in [1.82, 2.24) is 9.71 Å². The summed E-state index contributed by atoms with van der Waals surface area (Å²) in [5.41, 5.74) is 2.25. The predicted molar refractivity (Wildman–Crippen MR) is 106 cm³/mol. The summed E-state index contributed by atoms with van der Waals surface area (Å²) < 4.78 is 39.8. The van der Waals surface area contributed by atoms with Crippen molar-refractivity contribution in [2.45, 2.75) is 38.6 Å². The number of sulfonamides is 1. The maximum atomic E-state index is 14.0. The van der Waals surface area contributed by atoms with Gasteiger partial charge in [-0.25, -0.2) is 17.5 Å². The molecule has 1 fully saturated rings. The van der Waals surface area contributed by atoms with Crippen molar-refractivity contribution in [1.29, 1.82) is 0 Å². The fraction of sp³-hybridized carbons (Fsp3) is 0.450. The summed E-state index contributed by atoms with van der Waals surface area (Å²) in [6, 6.07) is 10.8. The van der Waals surface area contributed by atoms with E-state index in [9.17, 15) is 12.8 Å². The lowest BCUT2D eigenvalue weighted by atomic mass is 9.86. The van der Waals surface area contributed by atoms with Crippen LogP contribution in [-0.4, -0.2) is 31.7 Å². The lowest BCUT2D eigenvalue weighted by Gasteiger charge is -2.30. The average Bonchev–Trinajstić information content (AvgIpc) is 2.68. The van der Waals surface area contributed by atoms with Crippen molar-refractivity contribution < 1.29 is 12.8 Å². The Bertz CT molecular complexity index is 851. The Morgan fingerprint density at radius 2 is 1.93 bits per heavy atom. The van der Waals surface area contributed by atoms with Gasteiger partial charge in [-0.1, -0.05) is 6.07 Å². The molecule has 1 aliphatic rings. The van der Waals surface area contributed by atoms with Crippen molar-refractivity contribution in [2.75, 3.05) is 17.6 Å². The second kappa shape index (κ2) is 8.80. The molecule has 0 radical (unpaired) electrons. The van der Waals surface area contributed by atoms with Crippen molar-refractivity contribution in [3.8, 4) is 11.3 Å². The normalized spacial score (nSPS) is 20.4. The molecule has 2 N–H and O–H groups in total. The van der Waals surface area contributed by atoms with Gasteiger partial charge in [-0.3, -0.25) is 4.98 Å². The second-order valence-electron chi connectivity index (χ2n) is 7.06. The van der Waals surface area contributed by atoms with Crippen LogP contribution in [-0.2, 0) is 10.0 Å². The van der Waals surface area contributed by atoms with Crippen molar-refractivity contribution in [3.63, 3.8) is 0 Å². The van der Waals surface area contributed by atoms with Crippen LogP contribution in [0.3, 0.4) is 0 Å². The van der Waals surface area contributed by atoms with Crippen LogP contribution in [0.2, 0.25) is 0 Å². The lowest BCUT2D eigenvalue weighted by Crippen LogP contribution is -2.34. The Labute approximate surface area is 160 Å². The molecule has 0 saturated heterocycles. The van der Waals surface area contributed by atoms with Gasteiger partial charge in [-0.15, -0.1) is 0 Å². The third-order valence-corrected chi connectivity index (χ3v) is 6.41. The largest absolute Gasteiger partial charge is 0.382 e. The van der Waals surface area contributed by atoms with E-state index in [0.717, 1.165) is 42.6 Å². The molecule has 0 unspecified atom stereocenters. The summed E-state index contributed by atoms with van der Waals surface area (Å²) in [4.78, 5) is 4.28. The highest BCUT2D eigenvalue weighted by Gasteiger charge is 2.22. The molecule has 1 heterocycles. The maximum absolute atomic E-state index is 14.0. The highest BCUT2D eigenvalue weighted by Crippen LogP contribution is 2.28. The van der Waals surface area contributed by atoms with E-state index in [1.165, 1.54) is 12.1 Å². The van der Waals surface area contributed by atoms with Crippen LogP contribution in [0.1, 0.15) is 32.6 Å². The van der Waals surface area contributed by atoms with E-state index in [-0.39, 0.29) is 17.6 Å². The van der Waals surface area contributed by atoms with E-state index in [4.69, 9.17) is 0 Å². The highest BCUT2D eigenvalue weighted by molar-refractivity contribution is 7.89. The molecule has 0 amide bonds. The van der Waals surface area contributed by atoms with Crippen LogP contribution in [0.25, 0.3) is 11.3 Å². The Kier molecular flexibility index (Phi) is 6.44. The summed E-state index contributed by atoms with van der Waals surface area (Å²) in [6.45, 7) is 2.15. The fourth-order valence-electron chi connectivity index (χ4n) is 3.45. The van der Waals surface area contributed by atoms with E-state index >= 15 is 0 Å². The number of hydrogen-bond donors (Lipinski definition) is 2. The number of anilines is 1. The molecular formula is C20H26FN3O2S. The molecule has 0 atom stereocenters. The zero-order valence-electron chi connectivity index (χ0n) is 15.5. The first-order chi connectivity index (χ1) is 12.9. The minimum atomic E-state index is -3.13. The summed E-state index contributed by atoms with van der Waals surface area (Å²) in [6.07, 6.45) is 5.47. The topological polar surface area (TPSA) is 71.1 Å². The third kappa shape index (κ3) is 5.74. The number of hydrogen-bond acceptors (Lipinski definition) is 4. The van der Waals surface area contributed by atoms with E-state index in [1.807, 2.05) is 24.3 Å². The van der Waals surface area contributed by atoms with Crippen LogP contribution in [0, 0.1) is 11.7 Å². The Morgan fingerprint density at radius 1 is 1.15 bits per heavy atom. The maximum Gasteiger partial charge on any atom is 0.211 e. The number of pyridine rings is 1. The molecule has 146 valence electrons. The van der Waals surface area contributed by atoms with Gasteiger partial charge in [-0.2, -0.15) is 0 Å². The zero-order chi connectivity index (χ0) is 19.3. The van der Waals surface area contributed by atoms with Crippen LogP contribution in [0.4, 0.5) is 10.1 Å². The molecule has 1 saturated carbocycles. The van der Waals surface area contributed by atoms with Gasteiger partial charge >= 0.3 is 0 Å². The Hall–Kier alpha value is -1.99. The first-order valence-corrected chi connectivity index (χ1v) is 11.1. The molecule has 1 aliphatic carbocycles. The molecule has 0 aliphatic heterocycles. The first-order valence-electron chi connectivity index (χ1n) is 9.41. The predicted octanol–water partition coefficient (Wildman–Crippen LogP) is 3.80. The third-order valence-electron chi connectivity index (χ3n) is 5.05. The zero-order valence-corrected chi connectivity index (χ0v) is 16.3. The standard InChI is InChI=1S/C20H26FN3O2S/c1-2-27(25,26)23-14-15-6-8-18(9-7-15)24-19-12-16(11-17(21)13-19)20-5-3-4-10-22-20/h3-5,10-13,15,18,23-24H,2,6-9,14H2,1H3. The molecule has 0 bridgehead atoms. The van der Waals surface area contributed by atoms with E-state index in [2.05, 4.69) is 15.0 Å². The number of benzene rings is 1. The summed E-state index contributed by atoms with van der Waals surface area (Å²) in [5.74, 6) is 0.187. The number of nitrogens with one attached hydrogen (secondary N) is 2. The number of halogens is 1. The number of rotatable bonds is 7. The quantitative estimate of drug-likeness (QED) is 0.753. The van der Waals surface area contributed by atoms with Gasteiger partial charge in [0.15, 0.2) is 0 Å². The van der Waals surface area contributed by atoms with Crippen molar-refractivity contribution in [3.05, 3.63) is 48.4 Å². The van der Waals surface area contributed by atoms with Crippen LogP contribution in [0.5, 0.6) is 0 Å². The van der Waals surface area contributed by atoms with Crippen LogP contribution < -0.4 is 10.0 Å². The van der Waals surface area contributed by atoms with Crippen molar-refractivity contribution >= 4 is 15.7 Å². The van der Waals surface area contributed by atoms with E-state index < -0.39 is 10.0 Å². The second-order valence-corrected chi connectivity index (χ2v) is 9.15.